The van der Waals surface area contributed by atoms with Crippen LogP contribution >= 0.6 is 22.9 Å². The number of rotatable bonds is 3. The fraction of sp³-hybridized carbons (Fsp3) is 0.615. The van der Waals surface area contributed by atoms with Crippen molar-refractivity contribution in [2.24, 2.45) is 0 Å². The van der Waals surface area contributed by atoms with Crippen molar-refractivity contribution in [2.45, 2.75) is 26.3 Å². The van der Waals surface area contributed by atoms with Gasteiger partial charge in [0.2, 0.25) is 0 Å². The number of likely N-dealkylation sites (tertiary alicyclic amines) is 1. The quantitative estimate of drug-likeness (QED) is 0.853. The maximum absolute atomic E-state index is 12.4. The summed E-state index contributed by atoms with van der Waals surface area (Å²) < 4.78 is 0. The molecule has 100 valence electrons. The summed E-state index contributed by atoms with van der Waals surface area (Å²) in [5, 5.41) is 2.57. The lowest BCUT2D eigenvalue weighted by Crippen LogP contribution is -2.36. The topological polar surface area (TPSA) is 23.6 Å². The van der Waals surface area contributed by atoms with Gasteiger partial charge in [0.25, 0.3) is 5.91 Å². The summed E-state index contributed by atoms with van der Waals surface area (Å²) in [5.74, 6) is 0.0881. The van der Waals surface area contributed by atoms with Crippen LogP contribution in [0, 0.1) is 6.92 Å². The Bertz CT molecular complexity index is 446. The fourth-order valence-corrected chi connectivity index (χ4v) is 3.50. The van der Waals surface area contributed by atoms with Crippen molar-refractivity contribution in [3.8, 4) is 0 Å². The lowest BCUT2D eigenvalue weighted by Gasteiger charge is -2.22. The van der Waals surface area contributed by atoms with Crippen molar-refractivity contribution in [2.75, 3.05) is 26.7 Å². The van der Waals surface area contributed by atoms with Gasteiger partial charge in [-0.1, -0.05) is 18.5 Å². The van der Waals surface area contributed by atoms with Crippen molar-refractivity contribution >= 4 is 28.8 Å². The molecule has 0 N–H and O–H groups in total. The molecule has 1 atom stereocenters. The Morgan fingerprint density at radius 3 is 2.94 bits per heavy atom. The predicted octanol–water partition coefficient (Wildman–Crippen LogP) is 2.88. The SMILES string of the molecule is CCN(C)[C@H]1CCN(C(=O)c2scc(C)c2Cl)C1. The van der Waals surface area contributed by atoms with Gasteiger partial charge >= 0.3 is 0 Å². The molecule has 1 amide bonds. The van der Waals surface area contributed by atoms with E-state index in [9.17, 15) is 4.79 Å². The fourth-order valence-electron chi connectivity index (χ4n) is 2.26. The number of hydrogen-bond acceptors (Lipinski definition) is 3. The van der Waals surface area contributed by atoms with Gasteiger partial charge < -0.3 is 9.80 Å². The van der Waals surface area contributed by atoms with Gasteiger partial charge in [0.05, 0.1) is 5.02 Å². The van der Waals surface area contributed by atoms with Crippen LogP contribution in [0.2, 0.25) is 5.02 Å². The Labute approximate surface area is 117 Å². The highest BCUT2D eigenvalue weighted by Crippen LogP contribution is 2.29. The minimum Gasteiger partial charge on any atom is -0.336 e. The van der Waals surface area contributed by atoms with Gasteiger partial charge in [0, 0.05) is 19.1 Å². The van der Waals surface area contributed by atoms with E-state index >= 15 is 0 Å². The van der Waals surface area contributed by atoms with Crippen LogP contribution in [-0.2, 0) is 0 Å². The Kier molecular flexibility index (Phi) is 4.30. The number of halogens is 1. The van der Waals surface area contributed by atoms with Crippen molar-refractivity contribution in [1.29, 1.82) is 0 Å². The van der Waals surface area contributed by atoms with E-state index in [4.69, 9.17) is 11.6 Å². The van der Waals surface area contributed by atoms with E-state index < -0.39 is 0 Å². The second kappa shape index (κ2) is 5.59. The van der Waals surface area contributed by atoms with Crippen LogP contribution in [0.4, 0.5) is 0 Å². The standard InChI is InChI=1S/C13H19ClN2OS/c1-4-15(3)10-5-6-16(7-10)13(17)12-11(14)9(2)8-18-12/h8,10H,4-7H2,1-3H3/t10-/m0/s1. The molecule has 1 aliphatic rings. The Morgan fingerprint density at radius 2 is 2.39 bits per heavy atom. The highest BCUT2D eigenvalue weighted by atomic mass is 35.5. The number of amides is 1. The molecule has 0 unspecified atom stereocenters. The number of hydrogen-bond donors (Lipinski definition) is 0. The molecule has 0 aliphatic carbocycles. The minimum absolute atomic E-state index is 0.0881. The number of carbonyl (C=O) groups is 1. The molecule has 5 heteroatoms. The lowest BCUT2D eigenvalue weighted by molar-refractivity contribution is 0.0786. The van der Waals surface area contributed by atoms with E-state index in [-0.39, 0.29) is 5.91 Å². The molecule has 3 nitrogen and oxygen atoms in total. The number of aryl methyl sites for hydroxylation is 1. The van der Waals surface area contributed by atoms with Crippen LogP contribution in [0.3, 0.4) is 0 Å². The van der Waals surface area contributed by atoms with Crippen LogP contribution < -0.4 is 0 Å². The van der Waals surface area contributed by atoms with E-state index in [1.165, 1.54) is 11.3 Å². The van der Waals surface area contributed by atoms with Crippen LogP contribution in [0.15, 0.2) is 5.38 Å². The maximum atomic E-state index is 12.4. The van der Waals surface area contributed by atoms with Crippen LogP contribution in [0.5, 0.6) is 0 Å². The molecule has 0 saturated carbocycles. The molecule has 1 fully saturated rings. The molecule has 0 bridgehead atoms. The maximum Gasteiger partial charge on any atom is 0.265 e. The predicted molar refractivity (Wildman–Crippen MR) is 76.7 cm³/mol. The van der Waals surface area contributed by atoms with Crippen LogP contribution in [0.25, 0.3) is 0 Å². The summed E-state index contributed by atoms with van der Waals surface area (Å²) in [6.07, 6.45) is 1.05. The molecule has 1 saturated heterocycles. The molecule has 0 spiro atoms. The van der Waals surface area contributed by atoms with Gasteiger partial charge in [-0.2, -0.15) is 0 Å². The van der Waals surface area contributed by atoms with Gasteiger partial charge in [-0.25, -0.2) is 0 Å². The molecular weight excluding hydrogens is 268 g/mol. The highest BCUT2D eigenvalue weighted by molar-refractivity contribution is 7.13. The molecule has 0 radical (unpaired) electrons. The van der Waals surface area contributed by atoms with Crippen LogP contribution in [0.1, 0.15) is 28.6 Å². The van der Waals surface area contributed by atoms with E-state index in [0.29, 0.717) is 15.9 Å². The summed E-state index contributed by atoms with van der Waals surface area (Å²) in [6, 6.07) is 0.485. The summed E-state index contributed by atoms with van der Waals surface area (Å²) in [7, 11) is 2.11. The van der Waals surface area contributed by atoms with E-state index in [1.807, 2.05) is 17.2 Å². The van der Waals surface area contributed by atoms with Crippen molar-refractivity contribution in [3.05, 3.63) is 20.8 Å². The first kappa shape index (κ1) is 13.8. The Balaban J connectivity index is 2.06. The molecule has 18 heavy (non-hydrogen) atoms. The zero-order valence-electron chi connectivity index (χ0n) is 11.1. The van der Waals surface area contributed by atoms with E-state index in [1.54, 1.807) is 0 Å². The molecular formula is C13H19ClN2OS. The normalized spacial score (nSPS) is 19.8. The third-order valence-corrected chi connectivity index (χ3v) is 5.35. The zero-order valence-corrected chi connectivity index (χ0v) is 12.6. The molecule has 0 aromatic carbocycles. The largest absolute Gasteiger partial charge is 0.336 e. The van der Waals surface area contributed by atoms with E-state index in [0.717, 1.165) is 31.6 Å². The number of thiophene rings is 1. The minimum atomic E-state index is 0.0881. The first-order valence-corrected chi connectivity index (χ1v) is 7.53. The highest BCUT2D eigenvalue weighted by Gasteiger charge is 2.30. The second-order valence-corrected chi connectivity index (χ2v) is 6.09. The van der Waals surface area contributed by atoms with Gasteiger partial charge in [0.1, 0.15) is 4.88 Å². The summed E-state index contributed by atoms with van der Waals surface area (Å²) in [5.41, 5.74) is 0.992. The number of likely N-dealkylation sites (N-methyl/N-ethyl adjacent to an activating group) is 1. The van der Waals surface area contributed by atoms with Crippen molar-refractivity contribution in [3.63, 3.8) is 0 Å². The van der Waals surface area contributed by atoms with E-state index in [2.05, 4.69) is 18.9 Å². The first-order chi connectivity index (χ1) is 8.54. The number of nitrogens with zero attached hydrogens (tertiary/aromatic N) is 2. The van der Waals surface area contributed by atoms with Gasteiger partial charge in [-0.15, -0.1) is 11.3 Å². The second-order valence-electron chi connectivity index (χ2n) is 4.83. The van der Waals surface area contributed by atoms with Crippen molar-refractivity contribution in [1.82, 2.24) is 9.80 Å². The molecule has 2 heterocycles. The summed E-state index contributed by atoms with van der Waals surface area (Å²) in [6.45, 7) is 6.75. The zero-order chi connectivity index (χ0) is 13.3. The summed E-state index contributed by atoms with van der Waals surface area (Å²) in [4.78, 5) is 17.3. The third kappa shape index (κ3) is 2.56. The summed E-state index contributed by atoms with van der Waals surface area (Å²) >= 11 is 7.61. The average Bonchev–Trinajstić information content (AvgIpc) is 2.97. The smallest absolute Gasteiger partial charge is 0.265 e. The first-order valence-electron chi connectivity index (χ1n) is 6.27. The average molecular weight is 287 g/mol. The molecule has 1 aromatic rings. The third-order valence-electron chi connectivity index (χ3n) is 3.67. The lowest BCUT2D eigenvalue weighted by atomic mass is 10.2. The Hall–Kier alpha value is -0.580. The monoisotopic (exact) mass is 286 g/mol. The molecule has 1 aromatic heterocycles. The molecule has 1 aliphatic heterocycles. The number of carbonyl (C=O) groups excluding carboxylic acids is 1. The van der Waals surface area contributed by atoms with Crippen LogP contribution in [-0.4, -0.2) is 48.4 Å². The Morgan fingerprint density at radius 1 is 1.67 bits per heavy atom. The van der Waals surface area contributed by atoms with Crippen molar-refractivity contribution < 1.29 is 4.79 Å². The van der Waals surface area contributed by atoms with Gasteiger partial charge in [0.15, 0.2) is 0 Å². The van der Waals surface area contributed by atoms with Gasteiger partial charge in [-0.05, 0) is 37.9 Å². The van der Waals surface area contributed by atoms with Gasteiger partial charge in [-0.3, -0.25) is 4.79 Å². The molecule has 2 rings (SSSR count).